The minimum atomic E-state index is -0.643. The fraction of sp³-hybridized carbons (Fsp3) is 0.500. The summed E-state index contributed by atoms with van der Waals surface area (Å²) in [5, 5.41) is 4.63. The maximum Gasteiger partial charge on any atom is 0.330 e. The molecule has 0 spiro atoms. The van der Waals surface area contributed by atoms with Crippen LogP contribution in [-0.2, 0) is 14.3 Å². The highest BCUT2D eigenvalue weighted by molar-refractivity contribution is 5.96. The third kappa shape index (κ3) is 5.14. The van der Waals surface area contributed by atoms with Gasteiger partial charge in [-0.15, -0.1) is 0 Å². The van der Waals surface area contributed by atoms with Gasteiger partial charge in [0.15, 0.2) is 6.61 Å². The number of amides is 3. The Bertz CT molecular complexity index is 321. The molecule has 88 valence electrons. The maximum absolute atomic E-state index is 11.1. The summed E-state index contributed by atoms with van der Waals surface area (Å²) in [5.74, 6) is -1.25. The van der Waals surface area contributed by atoms with Gasteiger partial charge in [0.2, 0.25) is 0 Å². The van der Waals surface area contributed by atoms with E-state index in [0.717, 1.165) is 12.8 Å². The Morgan fingerprint density at radius 3 is 2.62 bits per heavy atom. The number of allylic oxidation sites excluding steroid dienone is 1. The lowest BCUT2D eigenvalue weighted by atomic mass is 10.5. The fourth-order valence-corrected chi connectivity index (χ4v) is 0.933. The lowest BCUT2D eigenvalue weighted by Gasteiger charge is -2.05. The van der Waals surface area contributed by atoms with Crippen molar-refractivity contribution in [2.75, 3.05) is 6.61 Å². The van der Waals surface area contributed by atoms with Crippen LogP contribution in [0, 0.1) is 0 Å². The molecule has 0 aromatic rings. The molecule has 0 atom stereocenters. The summed E-state index contributed by atoms with van der Waals surface area (Å²) in [7, 11) is 0. The summed E-state index contributed by atoms with van der Waals surface area (Å²) in [4.78, 5) is 33.0. The molecule has 6 nitrogen and oxygen atoms in total. The summed E-state index contributed by atoms with van der Waals surface area (Å²) in [6, 6.07) is -0.368. The predicted octanol–water partition coefficient (Wildman–Crippen LogP) is 0.0939. The van der Waals surface area contributed by atoms with Gasteiger partial charge in [0, 0.05) is 12.1 Å². The largest absolute Gasteiger partial charge is 0.452 e. The van der Waals surface area contributed by atoms with Crippen LogP contribution in [0.25, 0.3) is 0 Å². The SMILES string of the molecule is C/C=C/C(=O)OCC(=O)NC(=O)NC1CC1. The van der Waals surface area contributed by atoms with Crippen LogP contribution in [0.5, 0.6) is 0 Å². The number of nitrogens with one attached hydrogen (secondary N) is 2. The second-order valence-corrected chi connectivity index (χ2v) is 3.40. The van der Waals surface area contributed by atoms with Crippen LogP contribution in [-0.4, -0.2) is 30.6 Å². The average Bonchev–Trinajstić information content (AvgIpc) is 2.99. The summed E-state index contributed by atoms with van der Waals surface area (Å²) >= 11 is 0. The number of carbonyl (C=O) groups excluding carboxylic acids is 3. The Labute approximate surface area is 93.0 Å². The normalized spacial score (nSPS) is 14.6. The quantitative estimate of drug-likeness (QED) is 0.525. The average molecular weight is 226 g/mol. The Morgan fingerprint density at radius 2 is 2.06 bits per heavy atom. The van der Waals surface area contributed by atoms with Gasteiger partial charge >= 0.3 is 12.0 Å². The second-order valence-electron chi connectivity index (χ2n) is 3.40. The van der Waals surface area contributed by atoms with Crippen molar-refractivity contribution < 1.29 is 19.1 Å². The third-order valence-electron chi connectivity index (χ3n) is 1.81. The van der Waals surface area contributed by atoms with Crippen molar-refractivity contribution in [2.45, 2.75) is 25.8 Å². The monoisotopic (exact) mass is 226 g/mol. The van der Waals surface area contributed by atoms with E-state index in [1.54, 1.807) is 6.92 Å². The van der Waals surface area contributed by atoms with Crippen LogP contribution in [0.1, 0.15) is 19.8 Å². The van der Waals surface area contributed by atoms with Gasteiger partial charge in [-0.2, -0.15) is 0 Å². The Kier molecular flexibility index (Phi) is 4.50. The molecule has 0 bridgehead atoms. The molecule has 0 heterocycles. The summed E-state index contributed by atoms with van der Waals surface area (Å²) in [6.45, 7) is 1.20. The molecule has 0 aromatic carbocycles. The minimum Gasteiger partial charge on any atom is -0.452 e. The molecule has 6 heteroatoms. The van der Waals surface area contributed by atoms with Crippen LogP contribution >= 0.6 is 0 Å². The van der Waals surface area contributed by atoms with Crippen molar-refractivity contribution in [1.29, 1.82) is 0 Å². The fourth-order valence-electron chi connectivity index (χ4n) is 0.933. The van der Waals surface area contributed by atoms with Gasteiger partial charge in [-0.05, 0) is 19.8 Å². The van der Waals surface area contributed by atoms with Crippen molar-refractivity contribution in [1.82, 2.24) is 10.6 Å². The lowest BCUT2D eigenvalue weighted by Crippen LogP contribution is -2.42. The molecule has 1 fully saturated rings. The van der Waals surface area contributed by atoms with Crippen LogP contribution in [0.4, 0.5) is 4.79 Å². The molecule has 2 N–H and O–H groups in total. The van der Waals surface area contributed by atoms with Crippen molar-refractivity contribution in [3.05, 3.63) is 12.2 Å². The molecule has 0 aromatic heterocycles. The number of imide groups is 1. The van der Waals surface area contributed by atoms with Crippen LogP contribution in [0.15, 0.2) is 12.2 Å². The van der Waals surface area contributed by atoms with Gasteiger partial charge in [0.25, 0.3) is 5.91 Å². The van der Waals surface area contributed by atoms with Crippen molar-refractivity contribution in [3.63, 3.8) is 0 Å². The first-order valence-electron chi connectivity index (χ1n) is 5.01. The van der Waals surface area contributed by atoms with Gasteiger partial charge in [0.05, 0.1) is 0 Å². The first kappa shape index (κ1) is 12.2. The molecule has 1 rings (SSSR count). The van der Waals surface area contributed by atoms with E-state index in [1.165, 1.54) is 12.2 Å². The van der Waals surface area contributed by atoms with E-state index in [9.17, 15) is 14.4 Å². The molecule has 1 aliphatic rings. The zero-order valence-corrected chi connectivity index (χ0v) is 8.99. The molecular formula is C10H14N2O4. The van der Waals surface area contributed by atoms with Crippen LogP contribution in [0.3, 0.4) is 0 Å². The summed E-state index contributed by atoms with van der Waals surface area (Å²) in [6.07, 6.45) is 4.58. The van der Waals surface area contributed by atoms with E-state index in [-0.39, 0.29) is 6.04 Å². The van der Waals surface area contributed by atoms with E-state index in [4.69, 9.17) is 0 Å². The van der Waals surface area contributed by atoms with Crippen LogP contribution in [0.2, 0.25) is 0 Å². The molecule has 16 heavy (non-hydrogen) atoms. The van der Waals surface area contributed by atoms with Crippen molar-refractivity contribution in [3.8, 4) is 0 Å². The molecule has 1 aliphatic carbocycles. The van der Waals surface area contributed by atoms with Crippen LogP contribution < -0.4 is 10.6 Å². The van der Waals surface area contributed by atoms with E-state index in [0.29, 0.717) is 0 Å². The Hall–Kier alpha value is -1.85. The topological polar surface area (TPSA) is 84.5 Å². The molecule has 3 amide bonds. The van der Waals surface area contributed by atoms with E-state index in [2.05, 4.69) is 15.4 Å². The van der Waals surface area contributed by atoms with E-state index in [1.807, 2.05) is 0 Å². The highest BCUT2D eigenvalue weighted by Crippen LogP contribution is 2.18. The smallest absolute Gasteiger partial charge is 0.330 e. The first-order valence-corrected chi connectivity index (χ1v) is 5.01. The second kappa shape index (κ2) is 5.89. The summed E-state index contributed by atoms with van der Waals surface area (Å²) in [5.41, 5.74) is 0. The predicted molar refractivity (Wildman–Crippen MR) is 55.5 cm³/mol. The maximum atomic E-state index is 11.1. The number of carbonyl (C=O) groups is 3. The zero-order valence-electron chi connectivity index (χ0n) is 8.99. The molecule has 0 saturated heterocycles. The number of urea groups is 1. The number of ether oxygens (including phenoxy) is 1. The lowest BCUT2D eigenvalue weighted by molar-refractivity contribution is -0.143. The third-order valence-corrected chi connectivity index (χ3v) is 1.81. The highest BCUT2D eigenvalue weighted by atomic mass is 16.5. The van der Waals surface area contributed by atoms with Crippen molar-refractivity contribution >= 4 is 17.9 Å². The zero-order chi connectivity index (χ0) is 12.0. The van der Waals surface area contributed by atoms with E-state index >= 15 is 0 Å². The number of hydrogen-bond acceptors (Lipinski definition) is 4. The Balaban J connectivity index is 2.14. The van der Waals surface area contributed by atoms with Crippen molar-refractivity contribution in [2.24, 2.45) is 0 Å². The Morgan fingerprint density at radius 1 is 1.38 bits per heavy atom. The number of esters is 1. The number of rotatable bonds is 4. The van der Waals surface area contributed by atoms with Gasteiger partial charge < -0.3 is 10.1 Å². The molecule has 0 unspecified atom stereocenters. The van der Waals surface area contributed by atoms with Gasteiger partial charge in [0.1, 0.15) is 0 Å². The highest BCUT2D eigenvalue weighted by Gasteiger charge is 2.23. The first-order chi connectivity index (χ1) is 7.61. The molecular weight excluding hydrogens is 212 g/mol. The van der Waals surface area contributed by atoms with Gasteiger partial charge in [-0.25, -0.2) is 9.59 Å². The molecule has 0 radical (unpaired) electrons. The van der Waals surface area contributed by atoms with Gasteiger partial charge in [-0.3, -0.25) is 10.1 Å². The van der Waals surface area contributed by atoms with E-state index < -0.39 is 24.5 Å². The van der Waals surface area contributed by atoms with Gasteiger partial charge in [-0.1, -0.05) is 6.08 Å². The standard InChI is InChI=1S/C10H14N2O4/c1-2-3-9(14)16-6-8(13)12-10(15)11-7-4-5-7/h2-3,7H,4-6H2,1H3,(H2,11,12,13,15)/b3-2+. The summed E-state index contributed by atoms with van der Waals surface area (Å²) < 4.78 is 4.55. The minimum absolute atomic E-state index is 0.179. The molecule has 0 aliphatic heterocycles. The molecule has 1 saturated carbocycles. The number of hydrogen-bond donors (Lipinski definition) is 2.